The zero-order chi connectivity index (χ0) is 24.4. The maximum Gasteiger partial charge on any atom is 0.251 e. The van der Waals surface area contributed by atoms with Crippen LogP contribution in [0.5, 0.6) is 0 Å². The first-order valence-corrected chi connectivity index (χ1v) is 13.6. The molecule has 1 fully saturated rings. The Morgan fingerprint density at radius 3 is 2.74 bits per heavy atom. The van der Waals surface area contributed by atoms with Crippen LogP contribution in [0.4, 0.5) is 0 Å². The zero-order valence-corrected chi connectivity index (χ0v) is 21.5. The number of fused-ring (bicyclic) bond motifs is 3. The predicted octanol–water partition coefficient (Wildman–Crippen LogP) is 5.40. The number of likely N-dealkylation sites (tertiary alicyclic amines) is 1. The van der Waals surface area contributed by atoms with Gasteiger partial charge in [-0.15, -0.1) is 0 Å². The van der Waals surface area contributed by atoms with E-state index in [0.717, 1.165) is 39.4 Å². The smallest absolute Gasteiger partial charge is 0.251 e. The number of imidazole rings is 1. The number of nitrogens with two attached hydrogens (primary N) is 1. The van der Waals surface area contributed by atoms with Crippen molar-refractivity contribution in [2.45, 2.75) is 52.0 Å². The van der Waals surface area contributed by atoms with E-state index in [9.17, 15) is 4.79 Å². The van der Waals surface area contributed by atoms with E-state index < -0.39 is 0 Å². The van der Waals surface area contributed by atoms with Crippen molar-refractivity contribution in [1.29, 1.82) is 0 Å². The first-order valence-electron chi connectivity index (χ1n) is 12.8. The molecule has 2 aromatic heterocycles. The summed E-state index contributed by atoms with van der Waals surface area (Å²) in [5, 5.41) is 3.09. The normalized spacial score (nSPS) is 14.9. The molecule has 0 aliphatic carbocycles. The van der Waals surface area contributed by atoms with Crippen molar-refractivity contribution in [1.82, 2.24) is 19.6 Å². The Kier molecular flexibility index (Phi) is 7.18. The van der Waals surface area contributed by atoms with E-state index in [-0.39, 0.29) is 5.91 Å². The highest BCUT2D eigenvalue weighted by atomic mass is 32.1. The standard InChI is InChI=1S/C28H35N5OS/c1-19(2)23-15-20(7-8-22(23)17-29)24-18-33-25-10-9-21(16-26(25)35-28(33)31-24)27(34)30-11-6-14-32-12-4-3-5-13-32/h7-10,15-16,18-19H,3-6,11-14,17,29H2,1-2H3,(H,30,34). The van der Waals surface area contributed by atoms with E-state index in [1.54, 1.807) is 11.3 Å². The summed E-state index contributed by atoms with van der Waals surface area (Å²) in [5.74, 6) is 0.408. The highest BCUT2D eigenvalue weighted by Gasteiger charge is 2.15. The highest BCUT2D eigenvalue weighted by Crippen LogP contribution is 2.32. The van der Waals surface area contributed by atoms with E-state index in [1.807, 2.05) is 18.2 Å². The number of carbonyl (C=O) groups excluding carboxylic acids is 1. The van der Waals surface area contributed by atoms with Gasteiger partial charge in [0.1, 0.15) is 0 Å². The van der Waals surface area contributed by atoms with Crippen molar-refractivity contribution < 1.29 is 4.79 Å². The van der Waals surface area contributed by atoms with Crippen LogP contribution in [0.25, 0.3) is 26.4 Å². The van der Waals surface area contributed by atoms with Crippen LogP contribution in [0.15, 0.2) is 42.6 Å². The molecule has 0 bridgehead atoms. The van der Waals surface area contributed by atoms with Gasteiger partial charge in [0.2, 0.25) is 0 Å². The van der Waals surface area contributed by atoms with E-state index in [0.29, 0.717) is 24.6 Å². The van der Waals surface area contributed by atoms with Gasteiger partial charge in [0.25, 0.3) is 5.91 Å². The third-order valence-electron chi connectivity index (χ3n) is 7.03. The van der Waals surface area contributed by atoms with Crippen LogP contribution in [0.2, 0.25) is 0 Å². The van der Waals surface area contributed by atoms with Crippen molar-refractivity contribution in [3.05, 3.63) is 59.3 Å². The largest absolute Gasteiger partial charge is 0.352 e. The fraction of sp³-hybridized carbons (Fsp3) is 0.429. The predicted molar refractivity (Wildman–Crippen MR) is 145 cm³/mol. The molecule has 0 unspecified atom stereocenters. The monoisotopic (exact) mass is 489 g/mol. The van der Waals surface area contributed by atoms with Crippen LogP contribution in [-0.4, -0.2) is 46.4 Å². The second kappa shape index (κ2) is 10.5. The molecule has 184 valence electrons. The molecule has 0 atom stereocenters. The van der Waals surface area contributed by atoms with Gasteiger partial charge in [0, 0.05) is 30.4 Å². The second-order valence-corrected chi connectivity index (χ2v) is 10.9. The van der Waals surface area contributed by atoms with E-state index in [2.05, 4.69) is 52.9 Å². The molecule has 5 rings (SSSR count). The summed E-state index contributed by atoms with van der Waals surface area (Å²) in [6, 6.07) is 12.4. The van der Waals surface area contributed by atoms with Crippen molar-refractivity contribution in [2.24, 2.45) is 5.73 Å². The number of rotatable bonds is 8. The molecule has 2 aromatic carbocycles. The van der Waals surface area contributed by atoms with Gasteiger partial charge in [0.05, 0.1) is 15.9 Å². The summed E-state index contributed by atoms with van der Waals surface area (Å²) in [6.07, 6.45) is 7.05. The number of nitrogens with zero attached hydrogens (tertiary/aromatic N) is 3. The van der Waals surface area contributed by atoms with Crippen molar-refractivity contribution >= 4 is 32.4 Å². The Labute approximate surface area is 211 Å². The summed E-state index contributed by atoms with van der Waals surface area (Å²) < 4.78 is 3.20. The Morgan fingerprint density at radius 1 is 1.14 bits per heavy atom. The molecule has 3 N–H and O–H groups in total. The Bertz CT molecular complexity index is 1330. The Hall–Kier alpha value is -2.74. The third kappa shape index (κ3) is 5.13. The van der Waals surface area contributed by atoms with E-state index >= 15 is 0 Å². The zero-order valence-electron chi connectivity index (χ0n) is 20.7. The molecule has 1 aliphatic rings. The van der Waals surface area contributed by atoms with E-state index in [4.69, 9.17) is 10.7 Å². The lowest BCUT2D eigenvalue weighted by atomic mass is 9.94. The lowest BCUT2D eigenvalue weighted by Gasteiger charge is -2.26. The number of hydrogen-bond donors (Lipinski definition) is 2. The molecule has 0 spiro atoms. The van der Waals surface area contributed by atoms with Crippen molar-refractivity contribution in [2.75, 3.05) is 26.2 Å². The minimum Gasteiger partial charge on any atom is -0.352 e. The van der Waals surface area contributed by atoms with Crippen molar-refractivity contribution in [3.8, 4) is 11.3 Å². The summed E-state index contributed by atoms with van der Waals surface area (Å²) in [4.78, 5) is 21.1. The molecular formula is C28H35N5OS. The second-order valence-electron chi connectivity index (χ2n) is 9.85. The van der Waals surface area contributed by atoms with Crippen LogP contribution in [0.3, 0.4) is 0 Å². The molecular weight excluding hydrogens is 454 g/mol. The summed E-state index contributed by atoms with van der Waals surface area (Å²) in [7, 11) is 0. The van der Waals surface area contributed by atoms with Gasteiger partial charge in [-0.1, -0.05) is 43.7 Å². The Balaban J connectivity index is 1.29. The minimum atomic E-state index is -0.00141. The van der Waals surface area contributed by atoms with Gasteiger partial charge < -0.3 is 16.0 Å². The van der Waals surface area contributed by atoms with Gasteiger partial charge in [-0.25, -0.2) is 4.98 Å². The number of hydrogen-bond acceptors (Lipinski definition) is 5. The molecule has 0 radical (unpaired) electrons. The number of nitrogens with one attached hydrogen (secondary N) is 1. The SMILES string of the molecule is CC(C)c1cc(-c2cn3c(n2)sc2cc(C(=O)NCCCN4CCCCC4)ccc23)ccc1CN. The number of thiazole rings is 1. The molecule has 3 heterocycles. The lowest BCUT2D eigenvalue weighted by Crippen LogP contribution is -2.33. The summed E-state index contributed by atoms with van der Waals surface area (Å²) in [5.41, 5.74) is 12.2. The van der Waals surface area contributed by atoms with Gasteiger partial charge in [-0.05, 0) is 80.2 Å². The molecule has 6 nitrogen and oxygen atoms in total. The molecule has 35 heavy (non-hydrogen) atoms. The first kappa shape index (κ1) is 24.0. The maximum atomic E-state index is 12.7. The van der Waals surface area contributed by atoms with E-state index in [1.165, 1.54) is 43.5 Å². The van der Waals surface area contributed by atoms with Gasteiger partial charge in [-0.2, -0.15) is 0 Å². The fourth-order valence-electron chi connectivity index (χ4n) is 5.05. The lowest BCUT2D eigenvalue weighted by molar-refractivity contribution is 0.0951. The van der Waals surface area contributed by atoms with Crippen LogP contribution in [-0.2, 0) is 6.54 Å². The van der Waals surface area contributed by atoms with Crippen molar-refractivity contribution in [3.63, 3.8) is 0 Å². The van der Waals surface area contributed by atoms with Gasteiger partial charge >= 0.3 is 0 Å². The highest BCUT2D eigenvalue weighted by molar-refractivity contribution is 7.23. The molecule has 7 heteroatoms. The Morgan fingerprint density at radius 2 is 1.97 bits per heavy atom. The molecule has 1 saturated heterocycles. The quantitative estimate of drug-likeness (QED) is 0.325. The number of piperidine rings is 1. The number of aromatic nitrogens is 2. The van der Waals surface area contributed by atoms with Crippen LogP contribution in [0, 0.1) is 0 Å². The van der Waals surface area contributed by atoms with Crippen LogP contribution in [0.1, 0.15) is 66.9 Å². The average Bonchev–Trinajstić information content (AvgIpc) is 3.44. The van der Waals surface area contributed by atoms with Gasteiger partial charge in [0.15, 0.2) is 4.96 Å². The average molecular weight is 490 g/mol. The third-order valence-corrected chi connectivity index (χ3v) is 8.04. The summed E-state index contributed by atoms with van der Waals surface area (Å²) >= 11 is 1.62. The molecule has 1 amide bonds. The number of amides is 1. The number of carbonyl (C=O) groups is 1. The fourth-order valence-corrected chi connectivity index (χ4v) is 6.10. The van der Waals surface area contributed by atoms with Gasteiger partial charge in [-0.3, -0.25) is 9.20 Å². The molecule has 4 aromatic rings. The topological polar surface area (TPSA) is 75.7 Å². The maximum absolute atomic E-state index is 12.7. The molecule has 1 aliphatic heterocycles. The minimum absolute atomic E-state index is 0.00141. The molecule has 0 saturated carbocycles. The first-order chi connectivity index (χ1) is 17.0. The van der Waals surface area contributed by atoms with Crippen LogP contribution >= 0.6 is 11.3 Å². The van der Waals surface area contributed by atoms with Crippen LogP contribution < -0.4 is 11.1 Å². The number of benzene rings is 2. The summed E-state index contributed by atoms with van der Waals surface area (Å²) in [6.45, 7) is 9.11.